The lowest BCUT2D eigenvalue weighted by Gasteiger charge is -2.55. The maximum Gasteiger partial charge on any atom is 0.410 e. The normalized spacial score (nSPS) is 30.3. The van der Waals surface area contributed by atoms with Crippen molar-refractivity contribution in [2.75, 3.05) is 13.1 Å². The maximum atomic E-state index is 12.1. The molecule has 1 N–H and O–H groups in total. The summed E-state index contributed by atoms with van der Waals surface area (Å²) >= 11 is 0. The molecule has 2 aliphatic rings. The van der Waals surface area contributed by atoms with Gasteiger partial charge in [0, 0.05) is 0 Å². The first kappa shape index (κ1) is 18.1. The molecule has 5 heteroatoms. The Kier molecular flexibility index (Phi) is 4.96. The highest BCUT2D eigenvalue weighted by Gasteiger charge is 2.60. The van der Waals surface area contributed by atoms with Crippen LogP contribution in [0.15, 0.2) is 0 Å². The third-order valence-corrected chi connectivity index (χ3v) is 5.32. The second-order valence-electron chi connectivity index (χ2n) is 8.29. The number of ether oxygens (including phenoxy) is 1. The molecule has 0 atom stereocenters. The molecule has 0 spiro atoms. The summed E-state index contributed by atoms with van der Waals surface area (Å²) in [4.78, 5) is 13.6. The number of aliphatic hydroxyl groups is 1. The molecule has 0 unspecified atom stereocenters. The van der Waals surface area contributed by atoms with Crippen LogP contribution >= 0.6 is 0 Å². The Morgan fingerprint density at radius 1 is 1.35 bits per heavy atom. The summed E-state index contributed by atoms with van der Waals surface area (Å²) < 4.78 is 5.33. The number of nitrogens with zero attached hydrogens (tertiary/aromatic N) is 2. The Morgan fingerprint density at radius 3 is 2.35 bits per heavy atom. The van der Waals surface area contributed by atoms with E-state index in [-0.39, 0.29) is 13.1 Å². The van der Waals surface area contributed by atoms with Crippen LogP contribution in [0.1, 0.15) is 66.2 Å². The summed E-state index contributed by atoms with van der Waals surface area (Å²) in [6, 6.07) is 2.40. The Morgan fingerprint density at radius 2 is 1.91 bits per heavy atom. The molecule has 130 valence electrons. The van der Waals surface area contributed by atoms with E-state index in [0.29, 0.717) is 5.92 Å². The number of nitriles is 1. The molecule has 0 bridgehead atoms. The molecule has 1 heterocycles. The van der Waals surface area contributed by atoms with E-state index in [1.165, 1.54) is 17.7 Å². The molecule has 1 amide bonds. The predicted molar refractivity (Wildman–Crippen MR) is 87.7 cm³/mol. The SMILES string of the molecule is CCCC1CCC(C#N)(C2(O)CN(C(=O)OC(C)(C)C)C2)CC1. The standard InChI is InChI=1S/C18H30N2O3/c1-5-6-14-7-9-17(11-19,10-8-14)18(22)12-20(13-18)15(21)23-16(2,3)4/h14,22H,5-10,12-13H2,1-4H3. The van der Waals surface area contributed by atoms with Crippen molar-refractivity contribution < 1.29 is 14.6 Å². The van der Waals surface area contributed by atoms with Crippen LogP contribution in [0.5, 0.6) is 0 Å². The van der Waals surface area contributed by atoms with Crippen molar-refractivity contribution in [3.63, 3.8) is 0 Å². The van der Waals surface area contributed by atoms with Crippen molar-refractivity contribution in [1.29, 1.82) is 5.26 Å². The lowest BCUT2D eigenvalue weighted by atomic mass is 9.59. The number of amides is 1. The molecule has 1 aliphatic carbocycles. The topological polar surface area (TPSA) is 73.6 Å². The molecular weight excluding hydrogens is 292 g/mol. The molecule has 1 aliphatic heterocycles. The zero-order valence-electron chi connectivity index (χ0n) is 14.9. The van der Waals surface area contributed by atoms with Crippen molar-refractivity contribution in [2.45, 2.75) is 77.4 Å². The van der Waals surface area contributed by atoms with Gasteiger partial charge in [0.05, 0.1) is 24.6 Å². The van der Waals surface area contributed by atoms with Crippen molar-refractivity contribution in [2.24, 2.45) is 11.3 Å². The van der Waals surface area contributed by atoms with Crippen molar-refractivity contribution >= 4 is 6.09 Å². The van der Waals surface area contributed by atoms with E-state index >= 15 is 0 Å². The predicted octanol–water partition coefficient (Wildman–Crippen LogP) is 3.47. The van der Waals surface area contributed by atoms with Crippen LogP contribution in [-0.4, -0.2) is 40.4 Å². The van der Waals surface area contributed by atoms with Gasteiger partial charge in [-0.05, 0) is 52.4 Å². The Labute approximate surface area is 139 Å². The van der Waals surface area contributed by atoms with Gasteiger partial charge in [-0.25, -0.2) is 4.79 Å². The summed E-state index contributed by atoms with van der Waals surface area (Å²) in [5.74, 6) is 0.673. The number of hydrogen-bond donors (Lipinski definition) is 1. The number of carbonyl (C=O) groups is 1. The molecule has 0 aromatic rings. The average Bonchev–Trinajstić information content (AvgIpc) is 2.43. The molecule has 0 aromatic carbocycles. The summed E-state index contributed by atoms with van der Waals surface area (Å²) in [6.07, 6.45) is 5.41. The van der Waals surface area contributed by atoms with Gasteiger partial charge in [0.25, 0.3) is 0 Å². The Hall–Kier alpha value is -1.28. The van der Waals surface area contributed by atoms with E-state index < -0.39 is 22.7 Å². The van der Waals surface area contributed by atoms with Crippen LogP contribution in [0.2, 0.25) is 0 Å². The number of carbonyl (C=O) groups excluding carboxylic acids is 1. The Bertz CT molecular complexity index is 475. The summed E-state index contributed by atoms with van der Waals surface area (Å²) in [6.45, 7) is 8.06. The van der Waals surface area contributed by atoms with Crippen LogP contribution in [0.4, 0.5) is 4.79 Å². The highest BCUT2D eigenvalue weighted by atomic mass is 16.6. The average molecular weight is 322 g/mol. The van der Waals surface area contributed by atoms with Crippen LogP contribution in [0.25, 0.3) is 0 Å². The van der Waals surface area contributed by atoms with Crippen LogP contribution < -0.4 is 0 Å². The van der Waals surface area contributed by atoms with Gasteiger partial charge in [-0.15, -0.1) is 0 Å². The van der Waals surface area contributed by atoms with Gasteiger partial charge < -0.3 is 14.7 Å². The summed E-state index contributed by atoms with van der Waals surface area (Å²) in [5, 5.41) is 20.7. The minimum atomic E-state index is -1.09. The van der Waals surface area contributed by atoms with Gasteiger partial charge in [0.15, 0.2) is 0 Å². The van der Waals surface area contributed by atoms with E-state index in [2.05, 4.69) is 13.0 Å². The lowest BCUT2D eigenvalue weighted by Crippen LogP contribution is -2.71. The molecule has 5 nitrogen and oxygen atoms in total. The van der Waals surface area contributed by atoms with E-state index in [9.17, 15) is 15.2 Å². The molecule has 0 radical (unpaired) electrons. The van der Waals surface area contributed by atoms with Crippen LogP contribution in [0.3, 0.4) is 0 Å². The first-order chi connectivity index (χ1) is 10.6. The van der Waals surface area contributed by atoms with E-state index in [1.54, 1.807) is 0 Å². The van der Waals surface area contributed by atoms with Crippen LogP contribution in [-0.2, 0) is 4.74 Å². The highest BCUT2D eigenvalue weighted by molar-refractivity contribution is 5.70. The molecule has 1 saturated carbocycles. The van der Waals surface area contributed by atoms with Gasteiger partial charge in [-0.3, -0.25) is 0 Å². The molecular formula is C18H30N2O3. The van der Waals surface area contributed by atoms with Crippen molar-refractivity contribution in [1.82, 2.24) is 4.90 Å². The first-order valence-corrected chi connectivity index (χ1v) is 8.76. The zero-order chi connectivity index (χ0) is 17.3. The minimum absolute atomic E-state index is 0.202. The molecule has 1 saturated heterocycles. The van der Waals surface area contributed by atoms with E-state index in [0.717, 1.165) is 25.7 Å². The highest BCUT2D eigenvalue weighted by Crippen LogP contribution is 2.50. The van der Waals surface area contributed by atoms with Gasteiger partial charge in [0.2, 0.25) is 0 Å². The molecule has 23 heavy (non-hydrogen) atoms. The van der Waals surface area contributed by atoms with Gasteiger partial charge in [0.1, 0.15) is 11.2 Å². The van der Waals surface area contributed by atoms with Crippen molar-refractivity contribution in [3.05, 3.63) is 0 Å². The minimum Gasteiger partial charge on any atom is -0.444 e. The maximum absolute atomic E-state index is 12.1. The largest absolute Gasteiger partial charge is 0.444 e. The fourth-order valence-electron chi connectivity index (χ4n) is 3.89. The van der Waals surface area contributed by atoms with Gasteiger partial charge in [-0.2, -0.15) is 5.26 Å². The first-order valence-electron chi connectivity index (χ1n) is 8.76. The molecule has 2 rings (SSSR count). The van der Waals surface area contributed by atoms with E-state index in [1.807, 2.05) is 20.8 Å². The number of β-amino-alcohol motifs (C(OH)–C–C–N with tert-alkyl or cyclic N) is 1. The second kappa shape index (κ2) is 6.32. The monoisotopic (exact) mass is 322 g/mol. The number of likely N-dealkylation sites (tertiary alicyclic amines) is 1. The smallest absolute Gasteiger partial charge is 0.410 e. The van der Waals surface area contributed by atoms with Gasteiger partial charge >= 0.3 is 6.09 Å². The number of rotatable bonds is 3. The Balaban J connectivity index is 1.96. The zero-order valence-corrected chi connectivity index (χ0v) is 14.9. The summed E-state index contributed by atoms with van der Waals surface area (Å²) in [7, 11) is 0. The lowest BCUT2D eigenvalue weighted by molar-refractivity contribution is -0.166. The van der Waals surface area contributed by atoms with Gasteiger partial charge in [-0.1, -0.05) is 19.8 Å². The van der Waals surface area contributed by atoms with Crippen molar-refractivity contribution in [3.8, 4) is 6.07 Å². The fourth-order valence-corrected chi connectivity index (χ4v) is 3.89. The second-order valence-corrected chi connectivity index (χ2v) is 8.29. The number of hydrogen-bond acceptors (Lipinski definition) is 4. The quantitative estimate of drug-likeness (QED) is 0.863. The van der Waals surface area contributed by atoms with E-state index in [4.69, 9.17) is 4.74 Å². The van der Waals surface area contributed by atoms with Crippen LogP contribution in [0, 0.1) is 22.7 Å². The fraction of sp³-hybridized carbons (Fsp3) is 0.889. The third kappa shape index (κ3) is 3.63. The summed E-state index contributed by atoms with van der Waals surface area (Å²) in [5.41, 5.74) is -2.35. The molecule has 0 aromatic heterocycles. The molecule has 2 fully saturated rings. The third-order valence-electron chi connectivity index (χ3n) is 5.32.